The summed E-state index contributed by atoms with van der Waals surface area (Å²) < 4.78 is 0.982. The molecule has 0 bridgehead atoms. The van der Waals surface area contributed by atoms with Crippen LogP contribution < -0.4 is 4.90 Å². The second-order valence-electron chi connectivity index (χ2n) is 4.06. The number of carboxylic acids is 1. The molecule has 1 aromatic heterocycles. The Bertz CT molecular complexity index is 604. The lowest BCUT2D eigenvalue weighted by Crippen LogP contribution is -2.21. The van der Waals surface area contributed by atoms with E-state index in [1.165, 1.54) is 12.3 Å². The molecule has 0 unspecified atom stereocenters. The van der Waals surface area contributed by atoms with E-state index in [0.717, 1.165) is 10.0 Å². The van der Waals surface area contributed by atoms with E-state index in [-0.39, 0.29) is 5.56 Å². The number of nitrogens with zero attached hydrogens (tertiary/aromatic N) is 3. The molecule has 1 heterocycles. The van der Waals surface area contributed by atoms with Crippen LogP contribution in [-0.2, 0) is 6.54 Å². The predicted molar refractivity (Wildman–Crippen MR) is 75.2 cm³/mol. The molecule has 0 fully saturated rings. The van der Waals surface area contributed by atoms with Crippen LogP contribution in [0.5, 0.6) is 0 Å². The van der Waals surface area contributed by atoms with Crippen molar-refractivity contribution in [2.45, 2.75) is 6.54 Å². The maximum Gasteiger partial charge on any atom is 0.339 e. The van der Waals surface area contributed by atoms with Gasteiger partial charge in [-0.2, -0.15) is 5.10 Å². The fraction of sp³-hybridized carbons (Fsp3) is 0.154. The lowest BCUT2D eigenvalue weighted by Gasteiger charge is -2.19. The third kappa shape index (κ3) is 3.29. The summed E-state index contributed by atoms with van der Waals surface area (Å²) in [6.45, 7) is 0.554. The first kappa shape index (κ1) is 13.5. The first-order valence-corrected chi connectivity index (χ1v) is 6.38. The highest BCUT2D eigenvalue weighted by Crippen LogP contribution is 2.19. The Morgan fingerprint density at radius 2 is 2.21 bits per heavy atom. The summed E-state index contributed by atoms with van der Waals surface area (Å²) in [7, 11) is 1.79. The van der Waals surface area contributed by atoms with Crippen LogP contribution in [0.2, 0.25) is 0 Å². The van der Waals surface area contributed by atoms with E-state index in [2.05, 4.69) is 26.1 Å². The van der Waals surface area contributed by atoms with Crippen LogP contribution in [0.3, 0.4) is 0 Å². The zero-order chi connectivity index (χ0) is 13.8. The number of carboxylic acid groups (broad SMARTS) is 1. The predicted octanol–water partition coefficient (Wildman–Crippen LogP) is 2.57. The molecule has 2 rings (SSSR count). The molecule has 0 radical (unpaired) electrons. The highest BCUT2D eigenvalue weighted by Gasteiger charge is 2.15. The van der Waals surface area contributed by atoms with Gasteiger partial charge in [0.15, 0.2) is 5.82 Å². The second kappa shape index (κ2) is 5.79. The number of aromatic carboxylic acids is 1. The van der Waals surface area contributed by atoms with E-state index in [0.29, 0.717) is 12.4 Å². The minimum absolute atomic E-state index is 0.146. The summed E-state index contributed by atoms with van der Waals surface area (Å²) in [5.74, 6) is -0.652. The van der Waals surface area contributed by atoms with Gasteiger partial charge in [0.2, 0.25) is 0 Å². The number of benzene rings is 1. The molecule has 19 heavy (non-hydrogen) atoms. The fourth-order valence-electron chi connectivity index (χ4n) is 1.76. The number of hydrogen-bond acceptors (Lipinski definition) is 4. The SMILES string of the molecule is CN(Cc1cccc(Br)c1)c1nnccc1C(=O)O. The quantitative estimate of drug-likeness (QED) is 0.937. The van der Waals surface area contributed by atoms with Crippen molar-refractivity contribution in [3.8, 4) is 0 Å². The molecule has 0 saturated carbocycles. The van der Waals surface area contributed by atoms with Crippen LogP contribution in [-0.4, -0.2) is 28.3 Å². The number of halogens is 1. The van der Waals surface area contributed by atoms with E-state index in [4.69, 9.17) is 5.11 Å². The average molecular weight is 322 g/mol. The molecule has 98 valence electrons. The summed E-state index contributed by atoms with van der Waals surface area (Å²) >= 11 is 3.41. The van der Waals surface area contributed by atoms with Gasteiger partial charge in [0, 0.05) is 18.1 Å². The third-order valence-electron chi connectivity index (χ3n) is 2.60. The molecule has 1 N–H and O–H groups in total. The second-order valence-corrected chi connectivity index (χ2v) is 4.98. The molecule has 2 aromatic rings. The van der Waals surface area contributed by atoms with E-state index in [9.17, 15) is 4.79 Å². The molecule has 0 aliphatic carbocycles. The van der Waals surface area contributed by atoms with Gasteiger partial charge >= 0.3 is 5.97 Å². The number of rotatable bonds is 4. The molecule has 0 amide bonds. The molecule has 0 aliphatic rings. The monoisotopic (exact) mass is 321 g/mol. The molecule has 0 spiro atoms. The molecule has 0 saturated heterocycles. The fourth-order valence-corrected chi connectivity index (χ4v) is 2.20. The average Bonchev–Trinajstić information content (AvgIpc) is 2.38. The van der Waals surface area contributed by atoms with Crippen molar-refractivity contribution in [1.82, 2.24) is 10.2 Å². The van der Waals surface area contributed by atoms with Crippen LogP contribution in [0, 0.1) is 0 Å². The maximum atomic E-state index is 11.1. The standard InChI is InChI=1S/C13H12BrN3O2/c1-17(8-9-3-2-4-10(14)7-9)12-11(13(18)19)5-6-15-16-12/h2-7H,8H2,1H3,(H,18,19). The molecule has 6 heteroatoms. The smallest absolute Gasteiger partial charge is 0.339 e. The zero-order valence-corrected chi connectivity index (χ0v) is 11.8. The van der Waals surface area contributed by atoms with Crippen molar-refractivity contribution in [1.29, 1.82) is 0 Å². The van der Waals surface area contributed by atoms with Crippen LogP contribution >= 0.6 is 15.9 Å². The molecular formula is C13H12BrN3O2. The Hall–Kier alpha value is -1.95. The van der Waals surface area contributed by atoms with Gasteiger partial charge < -0.3 is 10.0 Å². The molecule has 0 atom stereocenters. The Balaban J connectivity index is 2.25. The summed E-state index contributed by atoms with van der Waals surface area (Å²) in [6.07, 6.45) is 1.37. The first-order valence-electron chi connectivity index (χ1n) is 5.58. The van der Waals surface area contributed by atoms with Crippen LogP contribution in [0.1, 0.15) is 15.9 Å². The minimum atomic E-state index is -1.01. The third-order valence-corrected chi connectivity index (χ3v) is 3.10. The van der Waals surface area contributed by atoms with Crippen molar-refractivity contribution in [2.75, 3.05) is 11.9 Å². The Labute approximate surface area is 119 Å². The number of aromatic nitrogens is 2. The van der Waals surface area contributed by atoms with Crippen molar-refractivity contribution in [3.05, 3.63) is 52.1 Å². The molecular weight excluding hydrogens is 310 g/mol. The van der Waals surface area contributed by atoms with Gasteiger partial charge in [0.1, 0.15) is 5.56 Å². The van der Waals surface area contributed by atoms with Crippen molar-refractivity contribution in [3.63, 3.8) is 0 Å². The Morgan fingerprint density at radius 3 is 2.89 bits per heavy atom. The van der Waals surface area contributed by atoms with Gasteiger partial charge in [-0.1, -0.05) is 28.1 Å². The maximum absolute atomic E-state index is 11.1. The van der Waals surface area contributed by atoms with E-state index in [1.807, 2.05) is 24.3 Å². The summed E-state index contributed by atoms with van der Waals surface area (Å²) in [6, 6.07) is 9.27. The van der Waals surface area contributed by atoms with Gasteiger partial charge in [-0.25, -0.2) is 4.79 Å². The Morgan fingerprint density at radius 1 is 1.42 bits per heavy atom. The normalized spacial score (nSPS) is 10.2. The summed E-state index contributed by atoms with van der Waals surface area (Å²) in [4.78, 5) is 12.9. The Kier molecular flexibility index (Phi) is 4.11. The van der Waals surface area contributed by atoms with Crippen LogP contribution in [0.15, 0.2) is 41.0 Å². The van der Waals surface area contributed by atoms with E-state index >= 15 is 0 Å². The minimum Gasteiger partial charge on any atom is -0.478 e. The van der Waals surface area contributed by atoms with E-state index in [1.54, 1.807) is 11.9 Å². The number of hydrogen-bond donors (Lipinski definition) is 1. The summed E-state index contributed by atoms with van der Waals surface area (Å²) in [5, 5.41) is 16.8. The van der Waals surface area contributed by atoms with Crippen LogP contribution in [0.4, 0.5) is 5.82 Å². The van der Waals surface area contributed by atoms with E-state index < -0.39 is 5.97 Å². The first-order chi connectivity index (χ1) is 9.08. The summed E-state index contributed by atoms with van der Waals surface area (Å²) in [5.41, 5.74) is 1.20. The largest absolute Gasteiger partial charge is 0.478 e. The number of anilines is 1. The van der Waals surface area contributed by atoms with Crippen molar-refractivity contribution < 1.29 is 9.90 Å². The van der Waals surface area contributed by atoms with Gasteiger partial charge in [0.05, 0.1) is 6.20 Å². The molecule has 1 aromatic carbocycles. The highest BCUT2D eigenvalue weighted by molar-refractivity contribution is 9.10. The molecule has 5 nitrogen and oxygen atoms in total. The van der Waals surface area contributed by atoms with Gasteiger partial charge in [-0.3, -0.25) is 0 Å². The van der Waals surface area contributed by atoms with Crippen LogP contribution in [0.25, 0.3) is 0 Å². The lowest BCUT2D eigenvalue weighted by atomic mass is 10.2. The van der Waals surface area contributed by atoms with Gasteiger partial charge in [-0.05, 0) is 23.8 Å². The molecule has 0 aliphatic heterocycles. The highest BCUT2D eigenvalue weighted by atomic mass is 79.9. The zero-order valence-electron chi connectivity index (χ0n) is 10.2. The lowest BCUT2D eigenvalue weighted by molar-refractivity contribution is 0.0697. The van der Waals surface area contributed by atoms with Crippen molar-refractivity contribution in [2.24, 2.45) is 0 Å². The topological polar surface area (TPSA) is 66.3 Å². The van der Waals surface area contributed by atoms with Gasteiger partial charge in [0.25, 0.3) is 0 Å². The van der Waals surface area contributed by atoms with Gasteiger partial charge in [-0.15, -0.1) is 5.10 Å². The number of carbonyl (C=O) groups is 1. The van der Waals surface area contributed by atoms with Crippen molar-refractivity contribution >= 4 is 27.7 Å².